The fraction of sp³-hybridized carbons (Fsp3) is 0.500. The van der Waals surface area contributed by atoms with Gasteiger partial charge in [0.05, 0.1) is 6.54 Å². The van der Waals surface area contributed by atoms with Crippen molar-refractivity contribution in [3.63, 3.8) is 0 Å². The van der Waals surface area contributed by atoms with Crippen LogP contribution in [0.2, 0.25) is 10.0 Å². The monoisotopic (exact) mass is 374 g/mol. The van der Waals surface area contributed by atoms with Crippen LogP contribution in [-0.2, 0) is 9.59 Å². The number of ether oxygens (including phenoxy) is 1. The Labute approximate surface area is 150 Å². The highest BCUT2D eigenvalue weighted by atomic mass is 35.5. The Hall–Kier alpha value is -1.50. The fourth-order valence-corrected chi connectivity index (χ4v) is 3.21. The van der Waals surface area contributed by atoms with Crippen LogP contribution in [-0.4, -0.2) is 53.7 Å². The second kappa shape index (κ2) is 8.55. The van der Waals surface area contributed by atoms with Crippen molar-refractivity contribution in [2.75, 3.05) is 19.7 Å². The number of carbonyl (C=O) groups excluding carboxylic acids is 1. The summed E-state index contributed by atoms with van der Waals surface area (Å²) in [5.74, 6) is -0.624. The van der Waals surface area contributed by atoms with Crippen LogP contribution in [0.15, 0.2) is 18.2 Å². The Balaban J connectivity index is 1.71. The van der Waals surface area contributed by atoms with Gasteiger partial charge in [-0.1, -0.05) is 30.1 Å². The highest BCUT2D eigenvalue weighted by Gasteiger charge is 2.34. The molecule has 0 saturated heterocycles. The first-order chi connectivity index (χ1) is 11.4. The second-order valence-electron chi connectivity index (χ2n) is 5.74. The minimum atomic E-state index is -0.835. The summed E-state index contributed by atoms with van der Waals surface area (Å²) in [5.41, 5.74) is 0. The van der Waals surface area contributed by atoms with Gasteiger partial charge >= 0.3 is 5.97 Å². The van der Waals surface area contributed by atoms with Gasteiger partial charge < -0.3 is 15.2 Å². The van der Waals surface area contributed by atoms with Crippen LogP contribution in [0.25, 0.3) is 0 Å². The molecule has 0 bridgehead atoms. The van der Waals surface area contributed by atoms with Gasteiger partial charge in [0, 0.05) is 22.1 Å². The third-order valence-electron chi connectivity index (χ3n) is 3.95. The lowest BCUT2D eigenvalue weighted by atomic mass is 9.85. The number of nitrogens with one attached hydrogen (secondary N) is 1. The van der Waals surface area contributed by atoms with Gasteiger partial charge in [0.2, 0.25) is 0 Å². The summed E-state index contributed by atoms with van der Waals surface area (Å²) in [7, 11) is 0. The van der Waals surface area contributed by atoms with Crippen molar-refractivity contribution in [1.29, 1.82) is 0 Å². The summed E-state index contributed by atoms with van der Waals surface area (Å²) in [4.78, 5) is 24.6. The first-order valence-electron chi connectivity index (χ1n) is 7.71. The molecule has 1 aromatic carbocycles. The first-order valence-corrected chi connectivity index (χ1v) is 8.47. The van der Waals surface area contributed by atoms with Gasteiger partial charge in [-0.3, -0.25) is 14.5 Å². The number of aliphatic carboxylic acids is 1. The van der Waals surface area contributed by atoms with Gasteiger partial charge in [-0.05, 0) is 37.6 Å². The minimum absolute atomic E-state index is 0.0282. The average Bonchev–Trinajstić information content (AvgIpc) is 2.45. The lowest BCUT2D eigenvalue weighted by Crippen LogP contribution is -2.55. The number of carboxylic acid groups (broad SMARTS) is 1. The van der Waals surface area contributed by atoms with E-state index in [0.29, 0.717) is 22.3 Å². The molecular formula is C16H20Cl2N2O4. The highest BCUT2D eigenvalue weighted by Crippen LogP contribution is 2.26. The van der Waals surface area contributed by atoms with Crippen LogP contribution in [0.4, 0.5) is 0 Å². The van der Waals surface area contributed by atoms with Crippen molar-refractivity contribution in [3.05, 3.63) is 28.2 Å². The van der Waals surface area contributed by atoms with Crippen LogP contribution in [0, 0.1) is 0 Å². The molecule has 0 aromatic heterocycles. The summed E-state index contributed by atoms with van der Waals surface area (Å²) < 4.78 is 5.38. The molecule has 0 aliphatic heterocycles. The van der Waals surface area contributed by atoms with Crippen LogP contribution in [0.5, 0.6) is 5.75 Å². The Kier molecular flexibility index (Phi) is 6.71. The zero-order valence-corrected chi connectivity index (χ0v) is 14.8. The quantitative estimate of drug-likeness (QED) is 0.730. The van der Waals surface area contributed by atoms with Crippen molar-refractivity contribution >= 4 is 35.1 Å². The van der Waals surface area contributed by atoms with E-state index in [1.54, 1.807) is 18.2 Å². The van der Waals surface area contributed by atoms with E-state index in [1.165, 1.54) is 0 Å². The largest absolute Gasteiger partial charge is 0.484 e. The molecular weight excluding hydrogens is 355 g/mol. The predicted molar refractivity (Wildman–Crippen MR) is 91.8 cm³/mol. The molecule has 1 saturated carbocycles. The molecule has 1 fully saturated rings. The second-order valence-corrected chi connectivity index (χ2v) is 6.61. The van der Waals surface area contributed by atoms with Crippen molar-refractivity contribution in [2.45, 2.75) is 31.8 Å². The van der Waals surface area contributed by atoms with Crippen LogP contribution in [0.1, 0.15) is 19.8 Å². The Bertz CT molecular complexity index is 585. The number of halogens is 2. The standard InChI is InChI=1S/C16H20Cl2N2O4/c1-2-20(8-16(22)23)13-6-12(7-13)19-15(21)9-24-14-4-10(17)3-11(18)5-14/h3-5,12-13H,2,6-9H2,1H3,(H,19,21)(H,22,23). The number of likely N-dealkylation sites (N-methyl/N-ethyl adjacent to an activating group) is 1. The summed E-state index contributed by atoms with van der Waals surface area (Å²) in [6, 6.07) is 5.01. The number of amides is 1. The van der Waals surface area contributed by atoms with E-state index in [2.05, 4.69) is 5.32 Å². The lowest BCUT2D eigenvalue weighted by Gasteiger charge is -2.42. The van der Waals surface area contributed by atoms with Crippen molar-refractivity contribution < 1.29 is 19.4 Å². The molecule has 6 nitrogen and oxygen atoms in total. The third-order valence-corrected chi connectivity index (χ3v) is 4.38. The summed E-state index contributed by atoms with van der Waals surface area (Å²) >= 11 is 11.7. The van der Waals surface area contributed by atoms with Crippen LogP contribution < -0.4 is 10.1 Å². The van der Waals surface area contributed by atoms with E-state index in [4.69, 9.17) is 33.0 Å². The van der Waals surface area contributed by atoms with E-state index in [0.717, 1.165) is 12.8 Å². The molecule has 1 amide bonds. The van der Waals surface area contributed by atoms with Crippen molar-refractivity contribution in [3.8, 4) is 5.75 Å². The van der Waals surface area contributed by atoms with E-state index >= 15 is 0 Å². The molecule has 8 heteroatoms. The van der Waals surface area contributed by atoms with Gasteiger partial charge in [-0.15, -0.1) is 0 Å². The molecule has 24 heavy (non-hydrogen) atoms. The Morgan fingerprint density at radius 2 is 1.92 bits per heavy atom. The summed E-state index contributed by atoms with van der Waals surface area (Å²) in [6.45, 7) is 2.51. The molecule has 1 aromatic rings. The number of benzene rings is 1. The number of carbonyl (C=O) groups is 2. The molecule has 0 radical (unpaired) electrons. The predicted octanol–water partition coefficient (Wildman–Crippen LogP) is 2.43. The molecule has 2 rings (SSSR count). The molecule has 2 N–H and O–H groups in total. The van der Waals surface area contributed by atoms with Gasteiger partial charge in [0.15, 0.2) is 6.61 Å². The van der Waals surface area contributed by atoms with E-state index < -0.39 is 5.97 Å². The van der Waals surface area contributed by atoms with Crippen LogP contribution >= 0.6 is 23.2 Å². The number of rotatable bonds is 8. The maximum atomic E-state index is 11.9. The smallest absolute Gasteiger partial charge is 0.317 e. The summed E-state index contributed by atoms with van der Waals surface area (Å²) in [6.07, 6.45) is 1.49. The zero-order valence-electron chi connectivity index (χ0n) is 13.3. The third kappa shape index (κ3) is 5.54. The van der Waals surface area contributed by atoms with Crippen molar-refractivity contribution in [1.82, 2.24) is 10.2 Å². The lowest BCUT2D eigenvalue weighted by molar-refractivity contribution is -0.139. The highest BCUT2D eigenvalue weighted by molar-refractivity contribution is 6.34. The first kappa shape index (κ1) is 18.8. The van der Waals surface area contributed by atoms with Gasteiger partial charge in [-0.25, -0.2) is 0 Å². The van der Waals surface area contributed by atoms with Gasteiger partial charge in [0.1, 0.15) is 5.75 Å². The minimum Gasteiger partial charge on any atom is -0.484 e. The van der Waals surface area contributed by atoms with E-state index in [-0.39, 0.29) is 31.1 Å². The molecule has 0 heterocycles. The fourth-order valence-electron chi connectivity index (χ4n) is 2.71. The number of nitrogens with zero attached hydrogens (tertiary/aromatic N) is 1. The molecule has 0 unspecified atom stereocenters. The molecule has 0 atom stereocenters. The van der Waals surface area contributed by atoms with Crippen LogP contribution in [0.3, 0.4) is 0 Å². The van der Waals surface area contributed by atoms with Crippen molar-refractivity contribution in [2.24, 2.45) is 0 Å². The van der Waals surface area contributed by atoms with E-state index in [9.17, 15) is 9.59 Å². The molecule has 1 aliphatic carbocycles. The maximum Gasteiger partial charge on any atom is 0.317 e. The molecule has 1 aliphatic rings. The number of hydrogen-bond donors (Lipinski definition) is 2. The number of hydrogen-bond acceptors (Lipinski definition) is 4. The topological polar surface area (TPSA) is 78.9 Å². The molecule has 0 spiro atoms. The van der Waals surface area contributed by atoms with Gasteiger partial charge in [0.25, 0.3) is 5.91 Å². The number of carboxylic acids is 1. The van der Waals surface area contributed by atoms with Gasteiger partial charge in [-0.2, -0.15) is 0 Å². The maximum absolute atomic E-state index is 11.9. The molecule has 132 valence electrons. The SMILES string of the molecule is CCN(CC(=O)O)C1CC(NC(=O)COc2cc(Cl)cc(Cl)c2)C1. The van der Waals surface area contributed by atoms with E-state index in [1.807, 2.05) is 11.8 Å². The average molecular weight is 375 g/mol. The normalized spacial score (nSPS) is 19.7. The summed E-state index contributed by atoms with van der Waals surface area (Å²) in [5, 5.41) is 12.6. The Morgan fingerprint density at radius 3 is 2.46 bits per heavy atom. The Morgan fingerprint density at radius 1 is 1.29 bits per heavy atom. The zero-order chi connectivity index (χ0) is 17.7.